The predicted octanol–water partition coefficient (Wildman–Crippen LogP) is 3.70. The third kappa shape index (κ3) is 3.49. The van der Waals surface area contributed by atoms with Crippen molar-refractivity contribution in [3.63, 3.8) is 0 Å². The van der Waals surface area contributed by atoms with Gasteiger partial charge in [0.2, 0.25) is 0 Å². The molecule has 0 radical (unpaired) electrons. The Bertz CT molecular complexity index is 526. The van der Waals surface area contributed by atoms with Crippen LogP contribution in [0.1, 0.15) is 11.1 Å². The molecule has 0 atom stereocenters. The van der Waals surface area contributed by atoms with Crippen LogP contribution in [-0.4, -0.2) is 14.1 Å². The second-order valence-corrected chi connectivity index (χ2v) is 5.03. The van der Waals surface area contributed by atoms with Crippen LogP contribution in [0.2, 0.25) is 5.02 Å². The molecule has 0 aliphatic carbocycles. The van der Waals surface area contributed by atoms with Crippen molar-refractivity contribution in [2.75, 3.05) is 19.0 Å². The molecule has 3 heteroatoms. The maximum Gasteiger partial charge on any atom is 0.0642 e. The molecular weight excluding hydrogens is 256 g/mol. The number of para-hydroxylation sites is 1. The average molecular weight is 275 g/mol. The quantitative estimate of drug-likeness (QED) is 0.894. The van der Waals surface area contributed by atoms with E-state index in [0.29, 0.717) is 0 Å². The topological polar surface area (TPSA) is 15.3 Å². The van der Waals surface area contributed by atoms with Gasteiger partial charge in [0.1, 0.15) is 0 Å². The largest absolute Gasteiger partial charge is 0.369 e. The smallest absolute Gasteiger partial charge is 0.0642 e. The Balaban J connectivity index is 2.25. The zero-order valence-corrected chi connectivity index (χ0v) is 12.1. The lowest BCUT2D eigenvalue weighted by molar-refractivity contribution is 0.805. The van der Waals surface area contributed by atoms with E-state index >= 15 is 0 Å². The second kappa shape index (κ2) is 6.60. The van der Waals surface area contributed by atoms with E-state index in [1.54, 1.807) is 0 Å². The normalized spacial score (nSPS) is 10.5. The number of benzene rings is 2. The second-order valence-electron chi connectivity index (χ2n) is 4.62. The highest BCUT2D eigenvalue weighted by molar-refractivity contribution is 6.33. The highest BCUT2D eigenvalue weighted by Crippen LogP contribution is 2.30. The van der Waals surface area contributed by atoms with Crippen molar-refractivity contribution in [1.82, 2.24) is 5.32 Å². The molecule has 0 bridgehead atoms. The van der Waals surface area contributed by atoms with Crippen molar-refractivity contribution in [2.45, 2.75) is 13.1 Å². The zero-order chi connectivity index (χ0) is 13.7. The van der Waals surface area contributed by atoms with Crippen LogP contribution in [0.15, 0.2) is 48.5 Å². The maximum atomic E-state index is 6.36. The Morgan fingerprint density at radius 1 is 1.05 bits per heavy atom. The molecule has 2 aromatic rings. The summed E-state index contributed by atoms with van der Waals surface area (Å²) in [6, 6.07) is 16.5. The third-order valence-corrected chi connectivity index (χ3v) is 3.39. The Labute approximate surface area is 120 Å². The van der Waals surface area contributed by atoms with Gasteiger partial charge < -0.3 is 10.2 Å². The van der Waals surface area contributed by atoms with Gasteiger partial charge in [-0.2, -0.15) is 0 Å². The molecule has 0 spiro atoms. The molecule has 0 heterocycles. The summed E-state index contributed by atoms with van der Waals surface area (Å²) in [5, 5.41) is 3.98. The van der Waals surface area contributed by atoms with E-state index in [2.05, 4.69) is 47.6 Å². The summed E-state index contributed by atoms with van der Waals surface area (Å²) in [4.78, 5) is 2.20. The number of halogens is 1. The van der Waals surface area contributed by atoms with Crippen molar-refractivity contribution >= 4 is 17.3 Å². The lowest BCUT2D eigenvalue weighted by atomic mass is 10.1. The van der Waals surface area contributed by atoms with Crippen LogP contribution >= 0.6 is 11.6 Å². The van der Waals surface area contributed by atoms with Gasteiger partial charge in [0, 0.05) is 20.1 Å². The van der Waals surface area contributed by atoms with E-state index in [9.17, 15) is 0 Å². The van der Waals surface area contributed by atoms with Crippen molar-refractivity contribution in [3.05, 3.63) is 64.7 Å². The summed E-state index contributed by atoms with van der Waals surface area (Å²) >= 11 is 6.36. The highest BCUT2D eigenvalue weighted by Gasteiger charge is 2.11. The third-order valence-electron chi connectivity index (χ3n) is 3.08. The summed E-state index contributed by atoms with van der Waals surface area (Å²) in [6.45, 7) is 1.66. The fourth-order valence-corrected chi connectivity index (χ4v) is 2.60. The molecule has 0 saturated carbocycles. The van der Waals surface area contributed by atoms with E-state index in [4.69, 9.17) is 11.6 Å². The first-order valence-electron chi connectivity index (χ1n) is 6.39. The number of nitrogens with one attached hydrogen (secondary N) is 1. The van der Waals surface area contributed by atoms with Crippen LogP contribution in [0.25, 0.3) is 0 Å². The molecule has 0 aromatic heterocycles. The van der Waals surface area contributed by atoms with Gasteiger partial charge in [-0.05, 0) is 24.2 Å². The first kappa shape index (κ1) is 13.9. The molecule has 100 valence electrons. The highest BCUT2D eigenvalue weighted by atomic mass is 35.5. The van der Waals surface area contributed by atoms with Crippen LogP contribution in [-0.2, 0) is 13.1 Å². The summed E-state index contributed by atoms with van der Waals surface area (Å²) in [5.41, 5.74) is 3.59. The molecule has 2 rings (SSSR count). The van der Waals surface area contributed by atoms with Crippen molar-refractivity contribution in [3.8, 4) is 0 Å². The molecule has 0 fully saturated rings. The monoisotopic (exact) mass is 274 g/mol. The van der Waals surface area contributed by atoms with E-state index in [1.165, 1.54) is 11.1 Å². The molecule has 0 aliphatic heterocycles. The summed E-state index contributed by atoms with van der Waals surface area (Å²) in [7, 11) is 4.02. The van der Waals surface area contributed by atoms with Gasteiger partial charge in [0.05, 0.1) is 10.7 Å². The van der Waals surface area contributed by atoms with Gasteiger partial charge in [-0.3, -0.25) is 0 Å². The Hall–Kier alpha value is -1.51. The summed E-state index contributed by atoms with van der Waals surface area (Å²) < 4.78 is 0. The lowest BCUT2D eigenvalue weighted by Gasteiger charge is -2.24. The fourth-order valence-electron chi connectivity index (χ4n) is 2.26. The number of anilines is 1. The van der Waals surface area contributed by atoms with E-state index in [-0.39, 0.29) is 0 Å². The fraction of sp³-hybridized carbons (Fsp3) is 0.250. The molecule has 2 nitrogen and oxygen atoms in total. The summed E-state index contributed by atoms with van der Waals surface area (Å²) in [5.74, 6) is 0. The van der Waals surface area contributed by atoms with Gasteiger partial charge in [0.25, 0.3) is 0 Å². The van der Waals surface area contributed by atoms with Gasteiger partial charge in [0.15, 0.2) is 0 Å². The Morgan fingerprint density at radius 2 is 1.79 bits per heavy atom. The molecule has 0 unspecified atom stereocenters. The van der Waals surface area contributed by atoms with Crippen molar-refractivity contribution in [2.24, 2.45) is 0 Å². The number of rotatable bonds is 5. The standard InChI is InChI=1S/C16H19ClN2/c1-18-11-14-9-6-10-15(17)16(14)19(2)12-13-7-4-3-5-8-13/h3-10,18H,11-12H2,1-2H3. The minimum Gasteiger partial charge on any atom is -0.369 e. The molecule has 0 amide bonds. The van der Waals surface area contributed by atoms with Crippen molar-refractivity contribution < 1.29 is 0 Å². The lowest BCUT2D eigenvalue weighted by Crippen LogP contribution is -2.20. The van der Waals surface area contributed by atoms with Gasteiger partial charge in [-0.1, -0.05) is 54.1 Å². The van der Waals surface area contributed by atoms with Gasteiger partial charge in [-0.15, -0.1) is 0 Å². The van der Waals surface area contributed by atoms with E-state index in [0.717, 1.165) is 23.8 Å². The minimum absolute atomic E-state index is 0.797. The van der Waals surface area contributed by atoms with E-state index < -0.39 is 0 Å². The van der Waals surface area contributed by atoms with Crippen LogP contribution in [0, 0.1) is 0 Å². The first-order valence-corrected chi connectivity index (χ1v) is 6.77. The molecule has 19 heavy (non-hydrogen) atoms. The Kier molecular flexibility index (Phi) is 4.83. The predicted molar refractivity (Wildman–Crippen MR) is 82.8 cm³/mol. The molecule has 2 aromatic carbocycles. The van der Waals surface area contributed by atoms with Crippen LogP contribution in [0.3, 0.4) is 0 Å². The van der Waals surface area contributed by atoms with E-state index in [1.807, 2.05) is 25.2 Å². The maximum absolute atomic E-state index is 6.36. The molecule has 0 saturated heterocycles. The zero-order valence-electron chi connectivity index (χ0n) is 11.4. The van der Waals surface area contributed by atoms with Crippen LogP contribution in [0.5, 0.6) is 0 Å². The minimum atomic E-state index is 0.797. The van der Waals surface area contributed by atoms with Gasteiger partial charge >= 0.3 is 0 Å². The molecule has 0 aliphatic rings. The molecule has 1 N–H and O–H groups in total. The first-order chi connectivity index (χ1) is 9.22. The van der Waals surface area contributed by atoms with Crippen LogP contribution < -0.4 is 10.2 Å². The number of hydrogen-bond donors (Lipinski definition) is 1. The van der Waals surface area contributed by atoms with Gasteiger partial charge in [-0.25, -0.2) is 0 Å². The summed E-state index contributed by atoms with van der Waals surface area (Å²) in [6.07, 6.45) is 0. The van der Waals surface area contributed by atoms with Crippen molar-refractivity contribution in [1.29, 1.82) is 0 Å². The number of hydrogen-bond acceptors (Lipinski definition) is 2. The Morgan fingerprint density at radius 3 is 2.47 bits per heavy atom. The average Bonchev–Trinajstić information content (AvgIpc) is 2.40. The van der Waals surface area contributed by atoms with Crippen LogP contribution in [0.4, 0.5) is 5.69 Å². The molecular formula is C16H19ClN2. The number of nitrogens with zero attached hydrogens (tertiary/aromatic N) is 1. The SMILES string of the molecule is CNCc1cccc(Cl)c1N(C)Cc1ccccc1.